The van der Waals surface area contributed by atoms with Crippen molar-refractivity contribution in [1.29, 1.82) is 0 Å². The molecule has 1 aliphatic rings. The van der Waals surface area contributed by atoms with E-state index in [0.29, 0.717) is 6.04 Å². The summed E-state index contributed by atoms with van der Waals surface area (Å²) >= 11 is 0. The van der Waals surface area contributed by atoms with E-state index in [1.54, 1.807) is 6.26 Å². The van der Waals surface area contributed by atoms with Gasteiger partial charge in [0, 0.05) is 6.04 Å². The summed E-state index contributed by atoms with van der Waals surface area (Å²) in [4.78, 5) is 0. The lowest BCUT2D eigenvalue weighted by atomic mass is 9.85. The van der Waals surface area contributed by atoms with Crippen molar-refractivity contribution in [2.45, 2.75) is 57.4 Å². The Balaban J connectivity index is 1.71. The summed E-state index contributed by atoms with van der Waals surface area (Å²) in [6.45, 7) is 0. The third kappa shape index (κ3) is 4.19. The van der Waals surface area contributed by atoms with Crippen molar-refractivity contribution in [3.05, 3.63) is 24.2 Å². The molecule has 1 unspecified atom stereocenters. The zero-order chi connectivity index (χ0) is 11.9. The number of likely N-dealkylation sites (N-methyl/N-ethyl adjacent to an activating group) is 1. The molecule has 2 rings (SSSR count). The lowest BCUT2D eigenvalue weighted by Gasteiger charge is -2.24. The van der Waals surface area contributed by atoms with E-state index in [1.807, 2.05) is 6.26 Å². The van der Waals surface area contributed by atoms with Gasteiger partial charge in [-0.1, -0.05) is 32.1 Å². The van der Waals surface area contributed by atoms with Crippen molar-refractivity contribution in [3.63, 3.8) is 0 Å². The molecule has 1 aromatic heterocycles. The van der Waals surface area contributed by atoms with Gasteiger partial charge >= 0.3 is 0 Å². The third-order valence-electron chi connectivity index (χ3n) is 4.12. The summed E-state index contributed by atoms with van der Waals surface area (Å²) in [6.07, 6.45) is 14.7. The lowest BCUT2D eigenvalue weighted by Crippen LogP contribution is -2.28. The van der Waals surface area contributed by atoms with Gasteiger partial charge in [0.1, 0.15) is 0 Å². The van der Waals surface area contributed by atoms with E-state index in [2.05, 4.69) is 18.4 Å². The summed E-state index contributed by atoms with van der Waals surface area (Å²) in [5.74, 6) is 0.990. The van der Waals surface area contributed by atoms with Gasteiger partial charge in [-0.25, -0.2) is 0 Å². The predicted molar refractivity (Wildman–Crippen MR) is 71.1 cm³/mol. The lowest BCUT2D eigenvalue weighted by molar-refractivity contribution is 0.315. The van der Waals surface area contributed by atoms with Gasteiger partial charge in [-0.2, -0.15) is 0 Å². The van der Waals surface area contributed by atoms with E-state index in [4.69, 9.17) is 4.42 Å². The second kappa shape index (κ2) is 6.85. The first-order valence-electron chi connectivity index (χ1n) is 7.07. The highest BCUT2D eigenvalue weighted by Crippen LogP contribution is 2.28. The van der Waals surface area contributed by atoms with E-state index >= 15 is 0 Å². The fraction of sp³-hybridized carbons (Fsp3) is 0.733. The highest BCUT2D eigenvalue weighted by molar-refractivity contribution is 5.07. The molecular weight excluding hydrogens is 210 g/mol. The van der Waals surface area contributed by atoms with E-state index in [9.17, 15) is 0 Å². The van der Waals surface area contributed by atoms with Crippen molar-refractivity contribution >= 4 is 0 Å². The summed E-state index contributed by atoms with van der Waals surface area (Å²) in [6, 6.07) is 2.68. The second-order valence-electron chi connectivity index (χ2n) is 5.40. The molecule has 0 bridgehead atoms. The topological polar surface area (TPSA) is 25.2 Å². The molecule has 0 radical (unpaired) electrons. The van der Waals surface area contributed by atoms with Gasteiger partial charge in [0.05, 0.1) is 12.5 Å². The molecule has 1 aromatic rings. The van der Waals surface area contributed by atoms with Gasteiger partial charge in [0.2, 0.25) is 0 Å². The van der Waals surface area contributed by atoms with Crippen LogP contribution in [0.25, 0.3) is 0 Å². The van der Waals surface area contributed by atoms with Crippen LogP contribution in [0.4, 0.5) is 0 Å². The zero-order valence-electron chi connectivity index (χ0n) is 11.0. The van der Waals surface area contributed by atoms with Crippen molar-refractivity contribution in [3.8, 4) is 0 Å². The quantitative estimate of drug-likeness (QED) is 0.812. The van der Waals surface area contributed by atoms with Crippen molar-refractivity contribution in [2.24, 2.45) is 5.92 Å². The molecule has 0 spiro atoms. The molecule has 17 heavy (non-hydrogen) atoms. The van der Waals surface area contributed by atoms with Crippen LogP contribution in [-0.2, 0) is 6.42 Å². The maximum Gasteiger partial charge on any atom is 0.0935 e. The van der Waals surface area contributed by atoms with Gasteiger partial charge in [-0.05, 0) is 43.9 Å². The van der Waals surface area contributed by atoms with Crippen molar-refractivity contribution in [2.75, 3.05) is 7.05 Å². The Labute approximate surface area is 105 Å². The molecule has 1 atom stereocenters. The number of nitrogens with one attached hydrogen (secondary N) is 1. The van der Waals surface area contributed by atoms with Crippen LogP contribution in [0.2, 0.25) is 0 Å². The molecule has 0 amide bonds. The first kappa shape index (κ1) is 12.7. The van der Waals surface area contributed by atoms with Gasteiger partial charge in [0.15, 0.2) is 0 Å². The van der Waals surface area contributed by atoms with E-state index in [0.717, 1.165) is 12.3 Å². The molecule has 0 aromatic carbocycles. The van der Waals surface area contributed by atoms with Crippen molar-refractivity contribution < 1.29 is 4.42 Å². The second-order valence-corrected chi connectivity index (χ2v) is 5.40. The largest absolute Gasteiger partial charge is 0.472 e. The minimum absolute atomic E-state index is 0.606. The normalized spacial score (nSPS) is 19.4. The van der Waals surface area contributed by atoms with Crippen LogP contribution in [0.3, 0.4) is 0 Å². The van der Waals surface area contributed by atoms with E-state index in [-0.39, 0.29) is 0 Å². The Hall–Kier alpha value is -0.760. The van der Waals surface area contributed by atoms with Crippen LogP contribution in [0, 0.1) is 5.92 Å². The molecule has 1 heterocycles. The van der Waals surface area contributed by atoms with Crippen LogP contribution in [0.5, 0.6) is 0 Å². The Bertz CT molecular complexity index is 288. The molecule has 0 saturated heterocycles. The minimum atomic E-state index is 0.606. The number of rotatable bonds is 6. The summed E-state index contributed by atoms with van der Waals surface area (Å²) in [5, 5.41) is 3.44. The Morgan fingerprint density at radius 3 is 2.82 bits per heavy atom. The van der Waals surface area contributed by atoms with Crippen LogP contribution in [-0.4, -0.2) is 13.1 Å². The fourth-order valence-electron chi connectivity index (χ4n) is 2.95. The molecule has 1 N–H and O–H groups in total. The van der Waals surface area contributed by atoms with Gasteiger partial charge in [-0.15, -0.1) is 0 Å². The molecule has 1 fully saturated rings. The number of furan rings is 1. The fourth-order valence-corrected chi connectivity index (χ4v) is 2.95. The van der Waals surface area contributed by atoms with Gasteiger partial charge in [0.25, 0.3) is 0 Å². The Kier molecular flexibility index (Phi) is 5.11. The highest BCUT2D eigenvalue weighted by Gasteiger charge is 2.16. The smallest absolute Gasteiger partial charge is 0.0935 e. The first-order valence-corrected chi connectivity index (χ1v) is 7.07. The monoisotopic (exact) mass is 235 g/mol. The molecule has 0 aliphatic heterocycles. The molecular formula is C15H25NO. The van der Waals surface area contributed by atoms with Crippen LogP contribution < -0.4 is 5.32 Å². The third-order valence-corrected chi connectivity index (χ3v) is 4.12. The van der Waals surface area contributed by atoms with E-state index < -0.39 is 0 Å². The standard InChI is InChI=1S/C15H25NO/c1-16-15(11-14-9-10-17-12-14)8-7-13-5-3-2-4-6-13/h9-10,12-13,15-16H,2-8,11H2,1H3. The SMILES string of the molecule is CNC(CCC1CCCCC1)Cc1ccoc1. The number of hydrogen-bond acceptors (Lipinski definition) is 2. The Morgan fingerprint density at radius 1 is 1.35 bits per heavy atom. The first-order chi connectivity index (χ1) is 8.38. The van der Waals surface area contributed by atoms with Crippen molar-refractivity contribution in [1.82, 2.24) is 5.32 Å². The van der Waals surface area contributed by atoms with Gasteiger partial charge < -0.3 is 9.73 Å². The highest BCUT2D eigenvalue weighted by atomic mass is 16.3. The maximum atomic E-state index is 5.13. The summed E-state index contributed by atoms with van der Waals surface area (Å²) in [7, 11) is 2.08. The Morgan fingerprint density at radius 2 is 2.18 bits per heavy atom. The summed E-state index contributed by atoms with van der Waals surface area (Å²) in [5.41, 5.74) is 1.31. The molecule has 1 aliphatic carbocycles. The van der Waals surface area contributed by atoms with Crippen LogP contribution in [0.15, 0.2) is 23.0 Å². The van der Waals surface area contributed by atoms with E-state index in [1.165, 1.54) is 50.5 Å². The predicted octanol–water partition coefficient (Wildman–Crippen LogP) is 3.77. The molecule has 96 valence electrons. The maximum absolute atomic E-state index is 5.13. The minimum Gasteiger partial charge on any atom is -0.472 e. The molecule has 1 saturated carbocycles. The average molecular weight is 235 g/mol. The number of hydrogen-bond donors (Lipinski definition) is 1. The summed E-state index contributed by atoms with van der Waals surface area (Å²) < 4.78 is 5.13. The average Bonchev–Trinajstić information content (AvgIpc) is 2.88. The van der Waals surface area contributed by atoms with Crippen LogP contribution in [0.1, 0.15) is 50.5 Å². The van der Waals surface area contributed by atoms with Gasteiger partial charge in [-0.3, -0.25) is 0 Å². The van der Waals surface area contributed by atoms with Crippen LogP contribution >= 0.6 is 0 Å². The molecule has 2 heteroatoms. The molecule has 2 nitrogen and oxygen atoms in total. The zero-order valence-corrected chi connectivity index (χ0v) is 11.0.